The Bertz CT molecular complexity index is 876. The molecule has 0 spiro atoms. The molecule has 0 aromatic carbocycles. The maximum Gasteiger partial charge on any atom is 0.339 e. The van der Waals surface area contributed by atoms with Crippen molar-refractivity contribution < 1.29 is 18.3 Å². The largest absolute Gasteiger partial charge is 0.478 e. The van der Waals surface area contributed by atoms with E-state index in [1.807, 2.05) is 4.90 Å². The molecule has 2 N–H and O–H groups in total. The van der Waals surface area contributed by atoms with E-state index in [1.54, 1.807) is 0 Å². The molecule has 0 radical (unpaired) electrons. The molecule has 2 aromatic rings. The van der Waals surface area contributed by atoms with Gasteiger partial charge in [-0.3, -0.25) is 4.72 Å². The Labute approximate surface area is 147 Å². The number of thiophene rings is 1. The first-order valence-corrected chi connectivity index (χ1v) is 9.81. The monoisotopic (exact) mass is 387 g/mol. The summed E-state index contributed by atoms with van der Waals surface area (Å²) in [6.07, 6.45) is 3.29. The van der Waals surface area contributed by atoms with Gasteiger partial charge in [-0.25, -0.2) is 18.2 Å². The van der Waals surface area contributed by atoms with Crippen LogP contribution in [0.3, 0.4) is 0 Å². The SMILES string of the molecule is O=C(O)c1cc(NS(=O)(=O)c2ccc(Cl)s2)cnc1N1CCCC1. The lowest BCUT2D eigenvalue weighted by molar-refractivity contribution is 0.0697. The summed E-state index contributed by atoms with van der Waals surface area (Å²) >= 11 is 6.68. The highest BCUT2D eigenvalue weighted by Gasteiger charge is 2.23. The number of rotatable bonds is 5. The Hall–Kier alpha value is -1.84. The molecule has 1 aliphatic heterocycles. The number of carboxylic acids is 1. The Morgan fingerprint density at radius 3 is 2.62 bits per heavy atom. The van der Waals surface area contributed by atoms with Gasteiger partial charge in [0.1, 0.15) is 15.6 Å². The van der Waals surface area contributed by atoms with Gasteiger partial charge < -0.3 is 10.0 Å². The van der Waals surface area contributed by atoms with Crippen LogP contribution in [0.25, 0.3) is 0 Å². The minimum absolute atomic E-state index is 0.0266. The van der Waals surface area contributed by atoms with Gasteiger partial charge in [-0.1, -0.05) is 11.6 Å². The van der Waals surface area contributed by atoms with Crippen molar-refractivity contribution in [3.8, 4) is 0 Å². The van der Waals surface area contributed by atoms with Crippen LogP contribution >= 0.6 is 22.9 Å². The minimum Gasteiger partial charge on any atom is -0.478 e. The number of nitrogens with one attached hydrogen (secondary N) is 1. The second kappa shape index (κ2) is 6.58. The molecule has 7 nitrogen and oxygen atoms in total. The van der Waals surface area contributed by atoms with E-state index in [0.717, 1.165) is 37.3 Å². The van der Waals surface area contributed by atoms with Crippen LogP contribution < -0.4 is 9.62 Å². The predicted octanol–water partition coefficient (Wildman–Crippen LogP) is 2.90. The maximum atomic E-state index is 12.3. The molecule has 0 bridgehead atoms. The molecule has 0 aliphatic carbocycles. The third-order valence-electron chi connectivity index (χ3n) is 3.57. The van der Waals surface area contributed by atoms with Crippen LogP contribution in [0.4, 0.5) is 11.5 Å². The molecular formula is C14H14ClN3O4S2. The fraction of sp³-hybridized carbons (Fsp3) is 0.286. The lowest BCUT2D eigenvalue weighted by Crippen LogP contribution is -2.22. The van der Waals surface area contributed by atoms with Crippen molar-refractivity contribution in [2.45, 2.75) is 17.1 Å². The number of hydrogen-bond donors (Lipinski definition) is 2. The highest BCUT2D eigenvalue weighted by atomic mass is 35.5. The first-order valence-electron chi connectivity index (χ1n) is 7.13. The number of halogens is 1. The molecule has 1 aliphatic rings. The van der Waals surface area contributed by atoms with E-state index in [0.29, 0.717) is 10.2 Å². The van der Waals surface area contributed by atoms with Gasteiger partial charge in [-0.2, -0.15) is 0 Å². The maximum absolute atomic E-state index is 12.3. The van der Waals surface area contributed by atoms with E-state index in [9.17, 15) is 18.3 Å². The van der Waals surface area contributed by atoms with Crippen molar-refractivity contribution >= 4 is 50.4 Å². The Morgan fingerprint density at radius 2 is 2.04 bits per heavy atom. The van der Waals surface area contributed by atoms with Crippen molar-refractivity contribution in [1.29, 1.82) is 0 Å². The van der Waals surface area contributed by atoms with E-state index >= 15 is 0 Å². The fourth-order valence-electron chi connectivity index (χ4n) is 2.50. The number of nitrogens with zero attached hydrogens (tertiary/aromatic N) is 2. The van der Waals surface area contributed by atoms with E-state index in [-0.39, 0.29) is 15.5 Å². The number of sulfonamides is 1. The summed E-state index contributed by atoms with van der Waals surface area (Å²) in [6.45, 7) is 1.48. The van der Waals surface area contributed by atoms with Crippen LogP contribution in [0, 0.1) is 0 Å². The molecule has 0 atom stereocenters. The smallest absolute Gasteiger partial charge is 0.339 e. The van der Waals surface area contributed by atoms with E-state index in [4.69, 9.17) is 11.6 Å². The number of pyridine rings is 1. The Balaban J connectivity index is 1.91. The average molecular weight is 388 g/mol. The van der Waals surface area contributed by atoms with Crippen molar-refractivity contribution in [2.24, 2.45) is 0 Å². The highest BCUT2D eigenvalue weighted by molar-refractivity contribution is 7.94. The lowest BCUT2D eigenvalue weighted by Gasteiger charge is -2.19. The lowest BCUT2D eigenvalue weighted by atomic mass is 10.2. The van der Waals surface area contributed by atoms with E-state index in [1.165, 1.54) is 24.4 Å². The standard InChI is InChI=1S/C14H14ClN3O4S2/c15-11-3-4-12(23-11)24(21,22)17-9-7-10(14(19)20)13(16-8-9)18-5-1-2-6-18/h3-4,7-8,17H,1-2,5-6H2,(H,19,20). The summed E-state index contributed by atoms with van der Waals surface area (Å²) in [7, 11) is -3.83. The van der Waals surface area contributed by atoms with Gasteiger partial charge in [0.15, 0.2) is 0 Å². The number of carbonyl (C=O) groups is 1. The number of carboxylic acid groups (broad SMARTS) is 1. The third-order valence-corrected chi connectivity index (χ3v) is 6.67. The van der Waals surface area contributed by atoms with Crippen LogP contribution in [0.15, 0.2) is 28.6 Å². The molecule has 10 heteroatoms. The van der Waals surface area contributed by atoms with Crippen molar-refractivity contribution in [3.63, 3.8) is 0 Å². The quantitative estimate of drug-likeness (QED) is 0.818. The van der Waals surface area contributed by atoms with Gasteiger partial charge in [-0.15, -0.1) is 11.3 Å². The summed E-state index contributed by atoms with van der Waals surface area (Å²) in [6, 6.07) is 4.16. The summed E-state index contributed by atoms with van der Waals surface area (Å²) < 4.78 is 27.3. The van der Waals surface area contributed by atoms with Gasteiger partial charge >= 0.3 is 5.97 Å². The predicted molar refractivity (Wildman–Crippen MR) is 92.8 cm³/mol. The van der Waals surface area contributed by atoms with E-state index in [2.05, 4.69) is 9.71 Å². The van der Waals surface area contributed by atoms with Gasteiger partial charge in [-0.05, 0) is 31.0 Å². The molecule has 1 fully saturated rings. The van der Waals surface area contributed by atoms with Crippen molar-refractivity contribution in [3.05, 3.63) is 34.3 Å². The first kappa shape index (κ1) is 17.0. The van der Waals surface area contributed by atoms with E-state index < -0.39 is 16.0 Å². The fourth-order valence-corrected chi connectivity index (χ4v) is 5.02. The van der Waals surface area contributed by atoms with Crippen molar-refractivity contribution in [2.75, 3.05) is 22.7 Å². The van der Waals surface area contributed by atoms with Crippen LogP contribution in [0.2, 0.25) is 4.34 Å². The van der Waals surface area contributed by atoms with Gasteiger partial charge in [0.25, 0.3) is 10.0 Å². The summed E-state index contributed by atoms with van der Waals surface area (Å²) in [4.78, 5) is 17.6. The number of aromatic carboxylic acids is 1. The van der Waals surface area contributed by atoms with Crippen LogP contribution in [-0.4, -0.2) is 37.6 Å². The Kier molecular flexibility index (Phi) is 4.66. The van der Waals surface area contributed by atoms with Crippen LogP contribution in [-0.2, 0) is 10.0 Å². The molecule has 0 saturated carbocycles. The molecule has 24 heavy (non-hydrogen) atoms. The average Bonchev–Trinajstić information content (AvgIpc) is 3.18. The summed E-state index contributed by atoms with van der Waals surface area (Å²) in [5, 5.41) is 9.41. The third kappa shape index (κ3) is 3.47. The number of aromatic nitrogens is 1. The topological polar surface area (TPSA) is 99.6 Å². The van der Waals surface area contributed by atoms with Crippen molar-refractivity contribution in [1.82, 2.24) is 4.98 Å². The van der Waals surface area contributed by atoms with Crippen LogP contribution in [0.1, 0.15) is 23.2 Å². The zero-order chi connectivity index (χ0) is 17.3. The Morgan fingerprint density at radius 1 is 1.33 bits per heavy atom. The van der Waals surface area contributed by atoms with Gasteiger partial charge in [0, 0.05) is 13.1 Å². The first-order chi connectivity index (χ1) is 11.4. The normalized spacial score (nSPS) is 14.8. The summed E-state index contributed by atoms with van der Waals surface area (Å²) in [5.41, 5.74) is 0.0705. The molecule has 0 amide bonds. The minimum atomic E-state index is -3.83. The van der Waals surface area contributed by atoms with Crippen LogP contribution in [0.5, 0.6) is 0 Å². The molecular weight excluding hydrogens is 374 g/mol. The molecule has 2 aromatic heterocycles. The zero-order valence-electron chi connectivity index (χ0n) is 12.4. The van der Waals surface area contributed by atoms with Gasteiger partial charge in [0.05, 0.1) is 16.2 Å². The molecule has 3 heterocycles. The molecule has 1 saturated heterocycles. The zero-order valence-corrected chi connectivity index (χ0v) is 14.8. The number of anilines is 2. The number of hydrogen-bond acceptors (Lipinski definition) is 6. The second-order valence-corrected chi connectivity index (χ2v) is 8.88. The molecule has 128 valence electrons. The highest BCUT2D eigenvalue weighted by Crippen LogP contribution is 2.29. The molecule has 3 rings (SSSR count). The van der Waals surface area contributed by atoms with Gasteiger partial charge in [0.2, 0.25) is 0 Å². The molecule has 0 unspecified atom stereocenters. The second-order valence-electron chi connectivity index (χ2n) is 5.26. The summed E-state index contributed by atoms with van der Waals surface area (Å²) in [5.74, 6) is -0.785.